The Morgan fingerprint density at radius 1 is 1.29 bits per heavy atom. The molecule has 1 atom stereocenters. The predicted octanol–water partition coefficient (Wildman–Crippen LogP) is 3.12. The van der Waals surface area contributed by atoms with Crippen LogP contribution in [0.1, 0.15) is 5.56 Å². The van der Waals surface area contributed by atoms with Crippen molar-refractivity contribution in [3.05, 3.63) is 53.8 Å². The number of benzene rings is 2. The molecule has 5 heteroatoms. The number of aromatic nitrogens is 2. The van der Waals surface area contributed by atoms with E-state index in [4.69, 9.17) is 4.74 Å². The minimum atomic E-state index is -0.271. The van der Waals surface area contributed by atoms with E-state index in [2.05, 4.69) is 21.4 Å². The fourth-order valence-corrected chi connectivity index (χ4v) is 2.64. The highest BCUT2D eigenvalue weighted by Gasteiger charge is 2.22. The van der Waals surface area contributed by atoms with Gasteiger partial charge in [-0.1, -0.05) is 18.2 Å². The van der Waals surface area contributed by atoms with Crippen molar-refractivity contribution in [3.63, 3.8) is 0 Å². The number of H-pyrrole nitrogens is 1. The van der Waals surface area contributed by atoms with E-state index in [0.717, 1.165) is 17.7 Å². The van der Waals surface area contributed by atoms with Gasteiger partial charge in [-0.2, -0.15) is 0 Å². The highest BCUT2D eigenvalue weighted by molar-refractivity contribution is 5.77. The maximum atomic E-state index is 13.1. The molecule has 0 radical (unpaired) electrons. The lowest BCUT2D eigenvalue weighted by atomic mass is 10.1. The fraction of sp³-hybridized carbons (Fsp3) is 0.188. The summed E-state index contributed by atoms with van der Waals surface area (Å²) in [5.74, 6) is 1.32. The maximum absolute atomic E-state index is 13.1. The van der Waals surface area contributed by atoms with Crippen LogP contribution in [-0.4, -0.2) is 22.6 Å². The summed E-state index contributed by atoms with van der Waals surface area (Å²) in [5.41, 5.74) is 2.67. The van der Waals surface area contributed by atoms with Crippen molar-refractivity contribution >= 4 is 17.0 Å². The number of hydrogen-bond acceptors (Lipinski definition) is 3. The van der Waals surface area contributed by atoms with Crippen LogP contribution in [0.25, 0.3) is 11.0 Å². The van der Waals surface area contributed by atoms with Gasteiger partial charge in [0.05, 0.1) is 17.6 Å². The Bertz CT molecular complexity index is 774. The van der Waals surface area contributed by atoms with Crippen molar-refractivity contribution in [2.24, 2.45) is 0 Å². The second kappa shape index (κ2) is 4.77. The van der Waals surface area contributed by atoms with Crippen LogP contribution in [0.3, 0.4) is 0 Å². The first kappa shape index (κ1) is 12.2. The zero-order valence-electron chi connectivity index (χ0n) is 11.3. The molecule has 4 rings (SSSR count). The fourth-order valence-electron chi connectivity index (χ4n) is 2.64. The molecule has 106 valence electrons. The summed E-state index contributed by atoms with van der Waals surface area (Å²) in [7, 11) is 0. The summed E-state index contributed by atoms with van der Waals surface area (Å²) < 4.78 is 19.0. The van der Waals surface area contributed by atoms with E-state index in [0.29, 0.717) is 18.0 Å². The van der Waals surface area contributed by atoms with Crippen molar-refractivity contribution < 1.29 is 9.13 Å². The standard InChI is InChI=1S/C16H14FN3O/c17-11-5-6-13-14(8-11)20-16(19-13)18-9-12-7-10-3-1-2-4-15(10)21-12/h1-6,8,12H,7,9H2,(H2,18,19,20). The molecule has 0 aliphatic carbocycles. The molecule has 0 saturated heterocycles. The summed E-state index contributed by atoms with van der Waals surface area (Å²) >= 11 is 0. The van der Waals surface area contributed by atoms with E-state index in [1.54, 1.807) is 6.07 Å². The number of aromatic amines is 1. The van der Waals surface area contributed by atoms with Crippen molar-refractivity contribution in [3.8, 4) is 5.75 Å². The van der Waals surface area contributed by atoms with Gasteiger partial charge >= 0.3 is 0 Å². The van der Waals surface area contributed by atoms with E-state index in [1.165, 1.54) is 17.7 Å². The van der Waals surface area contributed by atoms with Crippen LogP contribution in [-0.2, 0) is 6.42 Å². The lowest BCUT2D eigenvalue weighted by molar-refractivity contribution is 0.246. The Morgan fingerprint density at radius 2 is 2.19 bits per heavy atom. The Labute approximate surface area is 121 Å². The van der Waals surface area contributed by atoms with Gasteiger partial charge in [-0.15, -0.1) is 0 Å². The molecule has 3 aromatic rings. The number of hydrogen-bond donors (Lipinski definition) is 2. The van der Waals surface area contributed by atoms with Gasteiger partial charge in [0.25, 0.3) is 0 Å². The molecule has 1 aromatic heterocycles. The van der Waals surface area contributed by atoms with Gasteiger partial charge in [0.1, 0.15) is 17.7 Å². The van der Waals surface area contributed by atoms with E-state index in [-0.39, 0.29) is 11.9 Å². The molecular weight excluding hydrogens is 269 g/mol. The summed E-state index contributed by atoms with van der Waals surface area (Å²) in [4.78, 5) is 7.44. The number of imidazole rings is 1. The maximum Gasteiger partial charge on any atom is 0.201 e. The van der Waals surface area contributed by atoms with Crippen molar-refractivity contribution in [2.75, 3.05) is 11.9 Å². The number of rotatable bonds is 3. The first-order valence-corrected chi connectivity index (χ1v) is 6.92. The molecule has 0 spiro atoms. The molecule has 0 amide bonds. The zero-order valence-corrected chi connectivity index (χ0v) is 11.3. The van der Waals surface area contributed by atoms with Crippen LogP contribution in [0.4, 0.5) is 10.3 Å². The lowest BCUT2D eigenvalue weighted by Gasteiger charge is -2.10. The minimum absolute atomic E-state index is 0.0901. The smallest absolute Gasteiger partial charge is 0.201 e. The SMILES string of the molecule is Fc1ccc2nc(NCC3Cc4ccccc4O3)[nH]c2c1. The summed E-state index contributed by atoms with van der Waals surface area (Å²) in [6.07, 6.45) is 0.977. The van der Waals surface area contributed by atoms with Gasteiger partial charge in [-0.25, -0.2) is 9.37 Å². The van der Waals surface area contributed by atoms with Crippen molar-refractivity contribution in [1.82, 2.24) is 9.97 Å². The van der Waals surface area contributed by atoms with Crippen LogP contribution < -0.4 is 10.1 Å². The number of ether oxygens (including phenoxy) is 1. The van der Waals surface area contributed by atoms with Gasteiger partial charge in [0.2, 0.25) is 5.95 Å². The van der Waals surface area contributed by atoms with Crippen LogP contribution in [0.5, 0.6) is 5.75 Å². The number of para-hydroxylation sites is 1. The van der Waals surface area contributed by atoms with Crippen LogP contribution >= 0.6 is 0 Å². The lowest BCUT2D eigenvalue weighted by Crippen LogP contribution is -2.24. The van der Waals surface area contributed by atoms with Gasteiger partial charge in [0, 0.05) is 6.42 Å². The highest BCUT2D eigenvalue weighted by Crippen LogP contribution is 2.28. The topological polar surface area (TPSA) is 49.9 Å². The van der Waals surface area contributed by atoms with Gasteiger partial charge in [-0.05, 0) is 29.8 Å². The molecule has 1 aliphatic heterocycles. The molecule has 2 N–H and O–H groups in total. The Kier molecular flexibility index (Phi) is 2.77. The molecule has 21 heavy (non-hydrogen) atoms. The number of anilines is 1. The number of halogens is 1. The van der Waals surface area contributed by atoms with E-state index >= 15 is 0 Å². The van der Waals surface area contributed by atoms with Crippen molar-refractivity contribution in [2.45, 2.75) is 12.5 Å². The Hall–Kier alpha value is -2.56. The molecule has 1 unspecified atom stereocenters. The summed E-state index contributed by atoms with van der Waals surface area (Å²) in [5, 5.41) is 3.22. The summed E-state index contributed by atoms with van der Waals surface area (Å²) in [6.45, 7) is 0.650. The first-order valence-electron chi connectivity index (χ1n) is 6.92. The molecular formula is C16H14FN3O. The average molecular weight is 283 g/mol. The first-order chi connectivity index (χ1) is 10.3. The Balaban J connectivity index is 1.45. The zero-order chi connectivity index (χ0) is 14.2. The molecule has 2 aromatic carbocycles. The van der Waals surface area contributed by atoms with Gasteiger partial charge in [-0.3, -0.25) is 0 Å². The van der Waals surface area contributed by atoms with Crippen LogP contribution in [0.15, 0.2) is 42.5 Å². The largest absolute Gasteiger partial charge is 0.488 e. The third-order valence-corrected chi connectivity index (χ3v) is 3.65. The molecule has 0 saturated carbocycles. The molecule has 0 fully saturated rings. The number of nitrogens with one attached hydrogen (secondary N) is 2. The van der Waals surface area contributed by atoms with Gasteiger partial charge in [0.15, 0.2) is 0 Å². The average Bonchev–Trinajstić information content (AvgIpc) is 3.07. The highest BCUT2D eigenvalue weighted by atomic mass is 19.1. The predicted molar refractivity (Wildman–Crippen MR) is 79.1 cm³/mol. The Morgan fingerprint density at radius 3 is 3.10 bits per heavy atom. The minimum Gasteiger partial charge on any atom is -0.488 e. The second-order valence-electron chi connectivity index (χ2n) is 5.18. The second-order valence-corrected chi connectivity index (χ2v) is 5.18. The molecule has 1 aliphatic rings. The normalized spacial score (nSPS) is 16.7. The monoisotopic (exact) mass is 283 g/mol. The van der Waals surface area contributed by atoms with Gasteiger partial charge < -0.3 is 15.0 Å². The van der Waals surface area contributed by atoms with E-state index < -0.39 is 0 Å². The van der Waals surface area contributed by atoms with Crippen LogP contribution in [0, 0.1) is 5.82 Å². The van der Waals surface area contributed by atoms with E-state index in [1.807, 2.05) is 18.2 Å². The molecule has 2 heterocycles. The quantitative estimate of drug-likeness (QED) is 0.776. The number of nitrogens with zero attached hydrogens (tertiary/aromatic N) is 1. The molecule has 4 nitrogen and oxygen atoms in total. The van der Waals surface area contributed by atoms with Crippen molar-refractivity contribution in [1.29, 1.82) is 0 Å². The number of fused-ring (bicyclic) bond motifs is 2. The molecule has 0 bridgehead atoms. The van der Waals surface area contributed by atoms with E-state index in [9.17, 15) is 4.39 Å². The summed E-state index contributed by atoms with van der Waals surface area (Å²) in [6, 6.07) is 12.6. The third-order valence-electron chi connectivity index (χ3n) is 3.65. The third kappa shape index (κ3) is 2.31. The van der Waals surface area contributed by atoms with Crippen LogP contribution in [0.2, 0.25) is 0 Å².